The van der Waals surface area contributed by atoms with Crippen molar-refractivity contribution in [1.29, 1.82) is 0 Å². The van der Waals surface area contributed by atoms with Gasteiger partial charge in [0.2, 0.25) is 5.91 Å². The van der Waals surface area contributed by atoms with Crippen LogP contribution in [0.2, 0.25) is 10.0 Å². The van der Waals surface area contributed by atoms with E-state index in [0.717, 1.165) is 18.5 Å². The quantitative estimate of drug-likeness (QED) is 0.889. The largest absolute Gasteiger partial charge is 0.323 e. The summed E-state index contributed by atoms with van der Waals surface area (Å²) >= 11 is 12.4. The smallest absolute Gasteiger partial charge is 0.232 e. The molecule has 0 aliphatic carbocycles. The third-order valence-corrected chi connectivity index (χ3v) is 5.07. The van der Waals surface area contributed by atoms with Crippen LogP contribution in [0.15, 0.2) is 12.1 Å². The Hall–Kier alpha value is -0.770. The van der Waals surface area contributed by atoms with Crippen molar-refractivity contribution in [3.63, 3.8) is 0 Å². The molecule has 0 spiro atoms. The van der Waals surface area contributed by atoms with E-state index in [0.29, 0.717) is 22.3 Å². The molecule has 1 unspecified atom stereocenters. The molecule has 20 heavy (non-hydrogen) atoms. The van der Waals surface area contributed by atoms with Crippen molar-refractivity contribution < 1.29 is 4.79 Å². The lowest BCUT2D eigenvalue weighted by Crippen LogP contribution is -2.42. The second kappa shape index (κ2) is 5.92. The molecule has 1 aromatic rings. The molecule has 110 valence electrons. The highest BCUT2D eigenvalue weighted by molar-refractivity contribution is 6.40. The summed E-state index contributed by atoms with van der Waals surface area (Å²) in [6, 6.07) is 3.60. The third kappa shape index (κ3) is 2.67. The Morgan fingerprint density at radius 3 is 2.65 bits per heavy atom. The number of carbonyl (C=O) groups excluding carboxylic acids is 1. The van der Waals surface area contributed by atoms with Gasteiger partial charge in [-0.25, -0.2) is 0 Å². The van der Waals surface area contributed by atoms with Crippen LogP contribution in [0.25, 0.3) is 0 Å². The molecule has 1 heterocycles. The molecule has 1 saturated heterocycles. The molecule has 3 nitrogen and oxygen atoms in total. The highest BCUT2D eigenvalue weighted by atomic mass is 35.5. The predicted octanol–water partition coefficient (Wildman–Crippen LogP) is 3.88. The topological polar surface area (TPSA) is 41.1 Å². The Morgan fingerprint density at radius 2 is 2.10 bits per heavy atom. The van der Waals surface area contributed by atoms with E-state index in [9.17, 15) is 4.79 Å². The van der Waals surface area contributed by atoms with Gasteiger partial charge in [-0.2, -0.15) is 0 Å². The molecule has 1 fully saturated rings. The van der Waals surface area contributed by atoms with Crippen molar-refractivity contribution in [3.05, 3.63) is 27.7 Å². The van der Waals surface area contributed by atoms with Crippen LogP contribution < -0.4 is 10.6 Å². The van der Waals surface area contributed by atoms with E-state index in [1.807, 2.05) is 13.0 Å². The summed E-state index contributed by atoms with van der Waals surface area (Å²) in [6.07, 6.45) is 0.831. The van der Waals surface area contributed by atoms with Gasteiger partial charge in [0.15, 0.2) is 0 Å². The summed E-state index contributed by atoms with van der Waals surface area (Å²) in [5, 5.41) is 7.20. The Kier molecular flexibility index (Phi) is 4.62. The fraction of sp³-hybridized carbons (Fsp3) is 0.533. The van der Waals surface area contributed by atoms with E-state index < -0.39 is 5.41 Å². The molecule has 0 bridgehead atoms. The lowest BCUT2D eigenvalue weighted by Gasteiger charge is -2.31. The highest BCUT2D eigenvalue weighted by Gasteiger charge is 2.44. The Morgan fingerprint density at radius 1 is 1.40 bits per heavy atom. The fourth-order valence-electron chi connectivity index (χ4n) is 2.67. The number of hydrogen-bond donors (Lipinski definition) is 2. The Balaban J connectivity index is 2.30. The number of halogens is 2. The third-order valence-electron chi connectivity index (χ3n) is 4.27. The van der Waals surface area contributed by atoms with Gasteiger partial charge < -0.3 is 10.6 Å². The number of hydrogen-bond acceptors (Lipinski definition) is 2. The van der Waals surface area contributed by atoms with Crippen molar-refractivity contribution in [3.8, 4) is 0 Å². The van der Waals surface area contributed by atoms with E-state index in [1.54, 1.807) is 6.07 Å². The molecule has 0 aromatic heterocycles. The number of amides is 1. The molecular formula is C15H20Cl2N2O. The summed E-state index contributed by atoms with van der Waals surface area (Å²) in [5.74, 6) is 0.242. The lowest BCUT2D eigenvalue weighted by molar-refractivity contribution is -0.126. The van der Waals surface area contributed by atoms with E-state index >= 15 is 0 Å². The van der Waals surface area contributed by atoms with Crippen molar-refractivity contribution in [2.45, 2.75) is 27.2 Å². The molecule has 0 saturated carbocycles. The molecule has 1 aliphatic rings. The Bertz CT molecular complexity index is 523. The number of nitrogens with one attached hydrogen (secondary N) is 2. The van der Waals surface area contributed by atoms with Crippen LogP contribution in [0.3, 0.4) is 0 Å². The van der Waals surface area contributed by atoms with Gasteiger partial charge in [-0.15, -0.1) is 0 Å². The standard InChI is InChI=1S/C15H20Cl2N2O/c1-9(2)15(6-7-18-8-15)14(20)19-13-11(16)5-4-10(3)12(13)17/h4-5,9,18H,6-8H2,1-3H3,(H,19,20). The van der Waals surface area contributed by atoms with Crippen LogP contribution >= 0.6 is 23.2 Å². The predicted molar refractivity (Wildman–Crippen MR) is 84.6 cm³/mol. The first kappa shape index (κ1) is 15.6. The summed E-state index contributed by atoms with van der Waals surface area (Å²) in [7, 11) is 0. The maximum atomic E-state index is 12.7. The van der Waals surface area contributed by atoms with Gasteiger partial charge in [-0.05, 0) is 37.4 Å². The number of anilines is 1. The van der Waals surface area contributed by atoms with Crippen LogP contribution in [-0.2, 0) is 4.79 Å². The van der Waals surface area contributed by atoms with Crippen LogP contribution in [0.5, 0.6) is 0 Å². The molecule has 1 atom stereocenters. The van der Waals surface area contributed by atoms with Gasteiger partial charge in [0, 0.05) is 6.54 Å². The first-order valence-corrected chi connectivity index (χ1v) is 7.61. The van der Waals surface area contributed by atoms with Gasteiger partial charge in [0.1, 0.15) is 0 Å². The summed E-state index contributed by atoms with van der Waals surface area (Å²) < 4.78 is 0. The average Bonchev–Trinajstić information content (AvgIpc) is 2.90. The van der Waals surface area contributed by atoms with Gasteiger partial charge >= 0.3 is 0 Å². The minimum absolute atomic E-state index is 0.00750. The zero-order chi connectivity index (χ0) is 14.9. The van der Waals surface area contributed by atoms with Gasteiger partial charge in [-0.3, -0.25) is 4.79 Å². The first-order chi connectivity index (χ1) is 9.38. The monoisotopic (exact) mass is 314 g/mol. The Labute approximate surface area is 130 Å². The molecule has 0 radical (unpaired) electrons. The van der Waals surface area contributed by atoms with Gasteiger partial charge in [0.05, 0.1) is 21.1 Å². The van der Waals surface area contributed by atoms with E-state index in [4.69, 9.17) is 23.2 Å². The molecule has 1 amide bonds. The molecule has 2 N–H and O–H groups in total. The van der Waals surface area contributed by atoms with Gasteiger partial charge in [-0.1, -0.05) is 43.1 Å². The number of aryl methyl sites for hydroxylation is 1. The minimum Gasteiger partial charge on any atom is -0.323 e. The number of rotatable bonds is 3. The summed E-state index contributed by atoms with van der Waals surface area (Å²) in [5.41, 5.74) is 1.02. The fourth-order valence-corrected chi connectivity index (χ4v) is 3.13. The molecule has 1 aromatic carbocycles. The zero-order valence-corrected chi connectivity index (χ0v) is 13.5. The van der Waals surface area contributed by atoms with Gasteiger partial charge in [0.25, 0.3) is 0 Å². The first-order valence-electron chi connectivity index (χ1n) is 6.85. The van der Waals surface area contributed by atoms with Crippen molar-refractivity contribution in [2.75, 3.05) is 18.4 Å². The molecule has 1 aliphatic heterocycles. The van der Waals surface area contributed by atoms with E-state index in [1.165, 1.54) is 0 Å². The van der Waals surface area contributed by atoms with Crippen LogP contribution in [0, 0.1) is 18.3 Å². The van der Waals surface area contributed by atoms with Crippen molar-refractivity contribution in [2.24, 2.45) is 11.3 Å². The van der Waals surface area contributed by atoms with Crippen molar-refractivity contribution in [1.82, 2.24) is 5.32 Å². The molecule has 5 heteroatoms. The second-order valence-electron chi connectivity index (χ2n) is 5.75. The highest BCUT2D eigenvalue weighted by Crippen LogP contribution is 2.38. The zero-order valence-electron chi connectivity index (χ0n) is 12.0. The number of carbonyl (C=O) groups is 1. The maximum Gasteiger partial charge on any atom is 0.232 e. The van der Waals surface area contributed by atoms with Crippen LogP contribution in [0.1, 0.15) is 25.8 Å². The van der Waals surface area contributed by atoms with Crippen LogP contribution in [-0.4, -0.2) is 19.0 Å². The summed E-state index contributed by atoms with van der Waals surface area (Å²) in [4.78, 5) is 12.7. The van der Waals surface area contributed by atoms with Crippen LogP contribution in [0.4, 0.5) is 5.69 Å². The average molecular weight is 315 g/mol. The van der Waals surface area contributed by atoms with E-state index in [-0.39, 0.29) is 11.8 Å². The van der Waals surface area contributed by atoms with E-state index in [2.05, 4.69) is 24.5 Å². The minimum atomic E-state index is -0.392. The molecular weight excluding hydrogens is 295 g/mol. The number of benzene rings is 1. The molecule has 2 rings (SSSR count). The summed E-state index contributed by atoms with van der Waals surface area (Å²) in [6.45, 7) is 7.60. The SMILES string of the molecule is Cc1ccc(Cl)c(NC(=O)C2(C(C)C)CCNC2)c1Cl. The van der Waals surface area contributed by atoms with Crippen molar-refractivity contribution >= 4 is 34.8 Å². The normalized spacial score (nSPS) is 22.3. The maximum absolute atomic E-state index is 12.7. The second-order valence-corrected chi connectivity index (χ2v) is 6.53. The lowest BCUT2D eigenvalue weighted by atomic mass is 9.75.